The molecule has 104 valence electrons. The molecule has 0 aliphatic heterocycles. The van der Waals surface area contributed by atoms with Crippen LogP contribution in [0.4, 0.5) is 8.78 Å². The number of rotatable bonds is 5. The minimum atomic E-state index is -1.64. The smallest absolute Gasteiger partial charge is 0.328 e. The number of carboxylic acid groups (broad SMARTS) is 1. The molecule has 19 heavy (non-hydrogen) atoms. The first-order chi connectivity index (χ1) is 8.90. The monoisotopic (exact) mass is 275 g/mol. The van der Waals surface area contributed by atoms with Gasteiger partial charge in [-0.1, -0.05) is 0 Å². The third-order valence-electron chi connectivity index (χ3n) is 2.26. The van der Waals surface area contributed by atoms with E-state index in [4.69, 9.17) is 10.2 Å². The predicted octanol–water partition coefficient (Wildman–Crippen LogP) is 0.149. The zero-order valence-corrected chi connectivity index (χ0v) is 9.81. The second kappa shape index (κ2) is 6.10. The first-order valence-electron chi connectivity index (χ1n) is 5.08. The van der Waals surface area contributed by atoms with Crippen LogP contribution in [-0.2, 0) is 4.79 Å². The maximum absolute atomic E-state index is 13.5. The van der Waals surface area contributed by atoms with Crippen LogP contribution in [0.5, 0.6) is 5.75 Å². The van der Waals surface area contributed by atoms with Crippen LogP contribution < -0.4 is 10.1 Å². The number of carbonyl (C=O) groups excluding carboxylic acids is 1. The van der Waals surface area contributed by atoms with E-state index < -0.39 is 41.7 Å². The van der Waals surface area contributed by atoms with Gasteiger partial charge in [-0.3, -0.25) is 4.79 Å². The Morgan fingerprint density at radius 3 is 2.26 bits per heavy atom. The van der Waals surface area contributed by atoms with Gasteiger partial charge in [0.05, 0.1) is 13.7 Å². The third kappa shape index (κ3) is 3.38. The number of halogens is 2. The molecule has 1 amide bonds. The molecule has 0 saturated heterocycles. The number of aliphatic hydroxyl groups is 1. The van der Waals surface area contributed by atoms with E-state index in [1.807, 2.05) is 0 Å². The van der Waals surface area contributed by atoms with Crippen molar-refractivity contribution in [2.24, 2.45) is 0 Å². The van der Waals surface area contributed by atoms with Crippen LogP contribution in [0.25, 0.3) is 0 Å². The Morgan fingerprint density at radius 2 is 1.89 bits per heavy atom. The number of methoxy groups -OCH3 is 1. The molecule has 1 aromatic carbocycles. The summed E-state index contributed by atoms with van der Waals surface area (Å²) in [6.07, 6.45) is 0. The largest absolute Gasteiger partial charge is 0.497 e. The van der Waals surface area contributed by atoms with Crippen molar-refractivity contribution < 1.29 is 33.3 Å². The molecule has 0 aromatic heterocycles. The van der Waals surface area contributed by atoms with E-state index in [2.05, 4.69) is 4.74 Å². The molecule has 1 atom stereocenters. The Morgan fingerprint density at radius 1 is 1.37 bits per heavy atom. The van der Waals surface area contributed by atoms with E-state index in [0.29, 0.717) is 0 Å². The number of amides is 1. The molecule has 8 heteroatoms. The lowest BCUT2D eigenvalue weighted by molar-refractivity contribution is -0.140. The number of hydrogen-bond acceptors (Lipinski definition) is 4. The Bertz CT molecular complexity index is 483. The summed E-state index contributed by atoms with van der Waals surface area (Å²) in [4.78, 5) is 22.1. The molecule has 1 aromatic rings. The van der Waals surface area contributed by atoms with Gasteiger partial charge < -0.3 is 20.3 Å². The fourth-order valence-corrected chi connectivity index (χ4v) is 1.30. The SMILES string of the molecule is COc1cc(F)c(C(=O)N[C@@H](CO)C(=O)O)c(F)c1. The number of nitrogens with one attached hydrogen (secondary N) is 1. The van der Waals surface area contributed by atoms with E-state index in [1.165, 1.54) is 7.11 Å². The van der Waals surface area contributed by atoms with E-state index in [-0.39, 0.29) is 5.75 Å². The summed E-state index contributed by atoms with van der Waals surface area (Å²) in [7, 11) is 1.19. The number of benzene rings is 1. The zero-order chi connectivity index (χ0) is 14.6. The molecule has 6 nitrogen and oxygen atoms in total. The summed E-state index contributed by atoms with van der Waals surface area (Å²) >= 11 is 0. The van der Waals surface area contributed by atoms with Crippen molar-refractivity contribution in [1.82, 2.24) is 5.32 Å². The van der Waals surface area contributed by atoms with Gasteiger partial charge in [0.25, 0.3) is 5.91 Å². The van der Waals surface area contributed by atoms with Crippen molar-refractivity contribution in [2.45, 2.75) is 6.04 Å². The Kier molecular flexibility index (Phi) is 4.76. The highest BCUT2D eigenvalue weighted by atomic mass is 19.1. The number of aliphatic hydroxyl groups excluding tert-OH is 1. The number of ether oxygens (including phenoxy) is 1. The molecule has 0 heterocycles. The van der Waals surface area contributed by atoms with E-state index >= 15 is 0 Å². The second-order valence-electron chi connectivity index (χ2n) is 3.51. The van der Waals surface area contributed by atoms with E-state index in [9.17, 15) is 18.4 Å². The van der Waals surface area contributed by atoms with Crippen LogP contribution in [-0.4, -0.2) is 41.8 Å². The van der Waals surface area contributed by atoms with Crippen molar-refractivity contribution in [3.63, 3.8) is 0 Å². The molecular formula is C11H11F2NO5. The Labute approximate surface area is 106 Å². The highest BCUT2D eigenvalue weighted by Gasteiger charge is 2.24. The van der Waals surface area contributed by atoms with Gasteiger partial charge in [-0.2, -0.15) is 0 Å². The number of aliphatic carboxylic acids is 1. The number of carboxylic acids is 1. The molecule has 0 spiro atoms. The van der Waals surface area contributed by atoms with Gasteiger partial charge in [-0.05, 0) is 0 Å². The van der Waals surface area contributed by atoms with Gasteiger partial charge in [0, 0.05) is 12.1 Å². The van der Waals surface area contributed by atoms with Crippen LogP contribution in [0.1, 0.15) is 10.4 Å². The lowest BCUT2D eigenvalue weighted by Gasteiger charge is -2.13. The minimum Gasteiger partial charge on any atom is -0.497 e. The second-order valence-corrected chi connectivity index (χ2v) is 3.51. The first-order valence-corrected chi connectivity index (χ1v) is 5.08. The van der Waals surface area contributed by atoms with Crippen molar-refractivity contribution in [2.75, 3.05) is 13.7 Å². The zero-order valence-electron chi connectivity index (χ0n) is 9.81. The summed E-state index contributed by atoms with van der Waals surface area (Å²) < 4.78 is 31.6. The van der Waals surface area contributed by atoms with Crippen LogP contribution in [0.2, 0.25) is 0 Å². The highest BCUT2D eigenvalue weighted by molar-refractivity contribution is 5.97. The number of carbonyl (C=O) groups is 2. The normalized spacial score (nSPS) is 11.8. The third-order valence-corrected chi connectivity index (χ3v) is 2.26. The maximum Gasteiger partial charge on any atom is 0.328 e. The van der Waals surface area contributed by atoms with Gasteiger partial charge in [-0.25, -0.2) is 13.6 Å². The highest BCUT2D eigenvalue weighted by Crippen LogP contribution is 2.20. The molecule has 0 saturated carbocycles. The maximum atomic E-state index is 13.5. The molecule has 0 aliphatic rings. The van der Waals surface area contributed by atoms with Crippen molar-refractivity contribution in [3.05, 3.63) is 29.3 Å². The molecule has 3 N–H and O–H groups in total. The van der Waals surface area contributed by atoms with E-state index in [1.54, 1.807) is 5.32 Å². The molecule has 1 rings (SSSR count). The topological polar surface area (TPSA) is 95.9 Å². The lowest BCUT2D eigenvalue weighted by Crippen LogP contribution is -2.43. The first kappa shape index (κ1) is 14.8. The molecule has 0 fully saturated rings. The van der Waals surface area contributed by atoms with Crippen molar-refractivity contribution in [3.8, 4) is 5.75 Å². The van der Waals surface area contributed by atoms with Gasteiger partial charge in [-0.15, -0.1) is 0 Å². The Hall–Kier alpha value is -2.22. The van der Waals surface area contributed by atoms with Gasteiger partial charge >= 0.3 is 5.97 Å². The lowest BCUT2D eigenvalue weighted by atomic mass is 10.1. The molecule has 0 unspecified atom stereocenters. The van der Waals surface area contributed by atoms with Crippen LogP contribution in [0, 0.1) is 11.6 Å². The average Bonchev–Trinajstić information content (AvgIpc) is 2.34. The summed E-state index contributed by atoms with van der Waals surface area (Å²) in [5.41, 5.74) is -0.944. The summed E-state index contributed by atoms with van der Waals surface area (Å²) in [5.74, 6) is -5.32. The van der Waals surface area contributed by atoms with Gasteiger partial charge in [0.1, 0.15) is 22.9 Å². The van der Waals surface area contributed by atoms with Crippen LogP contribution in [0.15, 0.2) is 12.1 Å². The van der Waals surface area contributed by atoms with Crippen molar-refractivity contribution >= 4 is 11.9 Å². The Balaban J connectivity index is 3.03. The van der Waals surface area contributed by atoms with E-state index in [0.717, 1.165) is 12.1 Å². The summed E-state index contributed by atoms with van der Waals surface area (Å²) in [6, 6.07) is -0.0761. The summed E-state index contributed by atoms with van der Waals surface area (Å²) in [6.45, 7) is -0.902. The molecule has 0 aliphatic carbocycles. The summed E-state index contributed by atoms with van der Waals surface area (Å²) in [5, 5.41) is 19.1. The molecule has 0 radical (unpaired) electrons. The fraction of sp³-hybridized carbons (Fsp3) is 0.273. The fourth-order valence-electron chi connectivity index (χ4n) is 1.30. The molecule has 0 bridgehead atoms. The quantitative estimate of drug-likeness (QED) is 0.711. The predicted molar refractivity (Wildman–Crippen MR) is 58.9 cm³/mol. The average molecular weight is 275 g/mol. The van der Waals surface area contributed by atoms with Crippen molar-refractivity contribution in [1.29, 1.82) is 0 Å². The number of hydrogen-bond donors (Lipinski definition) is 3. The van der Waals surface area contributed by atoms with Gasteiger partial charge in [0.2, 0.25) is 0 Å². The minimum absolute atomic E-state index is 0.122. The van der Waals surface area contributed by atoms with Crippen LogP contribution in [0.3, 0.4) is 0 Å². The van der Waals surface area contributed by atoms with Crippen LogP contribution >= 0.6 is 0 Å². The molecular weight excluding hydrogens is 264 g/mol. The van der Waals surface area contributed by atoms with Gasteiger partial charge in [0.15, 0.2) is 6.04 Å². The standard InChI is InChI=1S/C11H11F2NO5/c1-19-5-2-6(12)9(7(13)3-5)10(16)14-8(4-15)11(17)18/h2-3,8,15H,4H2,1H3,(H,14,16)(H,17,18)/t8-/m0/s1.